The van der Waals surface area contributed by atoms with Crippen LogP contribution in [0.5, 0.6) is 0 Å². The van der Waals surface area contributed by atoms with Crippen LogP contribution in [0.2, 0.25) is 0 Å². The van der Waals surface area contributed by atoms with Crippen molar-refractivity contribution >= 4 is 23.8 Å². The van der Waals surface area contributed by atoms with Crippen LogP contribution in [0.3, 0.4) is 0 Å². The number of carbonyl (C=O) groups is 4. The molecule has 46 heavy (non-hydrogen) atoms. The second-order valence-corrected chi connectivity index (χ2v) is 14.8. The topological polar surface area (TPSA) is 166 Å². The maximum Gasteiger partial charge on any atom is 0.408 e. The number of hydrogen-bond acceptors (Lipinski definition) is 7. The molecule has 2 aliphatic rings. The summed E-state index contributed by atoms with van der Waals surface area (Å²) in [6, 6.07) is 7.83. The predicted octanol–water partition coefficient (Wildman–Crippen LogP) is 3.50. The first-order chi connectivity index (χ1) is 21.6. The van der Waals surface area contributed by atoms with Gasteiger partial charge >= 0.3 is 6.09 Å². The molecular formula is C35H56N4O7. The lowest BCUT2D eigenvalue weighted by Gasteiger charge is -2.32. The molecule has 11 nitrogen and oxygen atoms in total. The normalized spacial score (nSPS) is 18.4. The molecule has 4 atom stereocenters. The predicted molar refractivity (Wildman–Crippen MR) is 176 cm³/mol. The number of carbonyl (C=O) groups excluding carboxylic acids is 4. The van der Waals surface area contributed by atoms with Gasteiger partial charge in [-0.15, -0.1) is 0 Å². The molecule has 4 amide bonds. The first-order valence-corrected chi connectivity index (χ1v) is 16.9. The lowest BCUT2D eigenvalue weighted by molar-refractivity contribution is -0.130. The van der Waals surface area contributed by atoms with Gasteiger partial charge in [0.05, 0.1) is 12.1 Å². The summed E-state index contributed by atoms with van der Waals surface area (Å²) >= 11 is 0. The molecule has 0 spiro atoms. The summed E-state index contributed by atoms with van der Waals surface area (Å²) in [7, 11) is 0. The van der Waals surface area contributed by atoms with Gasteiger partial charge in [0.1, 0.15) is 17.7 Å². The number of rotatable bonds is 16. The summed E-state index contributed by atoms with van der Waals surface area (Å²) < 4.78 is 5.31. The maximum atomic E-state index is 13.3. The van der Waals surface area contributed by atoms with Gasteiger partial charge in [0, 0.05) is 31.3 Å². The van der Waals surface area contributed by atoms with E-state index in [1.807, 2.05) is 30.3 Å². The smallest absolute Gasteiger partial charge is 0.408 e. The van der Waals surface area contributed by atoms with E-state index in [1.54, 1.807) is 34.6 Å². The van der Waals surface area contributed by atoms with Gasteiger partial charge in [-0.2, -0.15) is 0 Å². The molecule has 3 rings (SSSR count). The minimum atomic E-state index is -1.03. The summed E-state index contributed by atoms with van der Waals surface area (Å²) in [6.07, 6.45) is 5.55. The molecule has 0 aliphatic heterocycles. The third kappa shape index (κ3) is 13.7. The highest BCUT2D eigenvalue weighted by atomic mass is 16.6. The standard InChI is InChI=1S/C35H56N4O7/c1-34(2,3)46-33(45)39-35(4,5)22-29(41)38-27(21-24-14-10-7-11-15-24)32(44)36-19-18-28(40)37-26(20-23-12-8-6-9-13-23)31(43)30(42)25-16-17-25/h7,10-11,14-15,23,25-27,30-31,42-43H,6,8-9,12-13,16-22H2,1-5H3,(H,36,44)(H,37,40)(H,38,41)(H,39,45)/t26-,27-,30-,31+/m0/s1. The number of aliphatic hydroxyl groups excluding tert-OH is 2. The molecule has 0 unspecified atom stereocenters. The molecule has 11 heteroatoms. The van der Waals surface area contributed by atoms with E-state index in [4.69, 9.17) is 4.74 Å². The summed E-state index contributed by atoms with van der Waals surface area (Å²) in [5, 5.41) is 32.8. The highest BCUT2D eigenvalue weighted by Crippen LogP contribution is 2.36. The van der Waals surface area contributed by atoms with Crippen molar-refractivity contribution in [3.63, 3.8) is 0 Å². The van der Waals surface area contributed by atoms with Gasteiger partial charge in [-0.05, 0) is 71.3 Å². The Bertz CT molecular complexity index is 1140. The van der Waals surface area contributed by atoms with Crippen molar-refractivity contribution in [3.05, 3.63) is 35.9 Å². The second-order valence-electron chi connectivity index (χ2n) is 14.8. The highest BCUT2D eigenvalue weighted by Gasteiger charge is 2.39. The van der Waals surface area contributed by atoms with Crippen LogP contribution in [0.4, 0.5) is 4.79 Å². The van der Waals surface area contributed by atoms with Gasteiger partial charge in [-0.1, -0.05) is 62.4 Å². The van der Waals surface area contributed by atoms with Gasteiger partial charge in [0.15, 0.2) is 0 Å². The summed E-state index contributed by atoms with van der Waals surface area (Å²) in [4.78, 5) is 51.7. The first-order valence-electron chi connectivity index (χ1n) is 16.9. The van der Waals surface area contributed by atoms with Crippen LogP contribution in [0, 0.1) is 11.8 Å². The third-order valence-corrected chi connectivity index (χ3v) is 8.55. The largest absolute Gasteiger partial charge is 0.444 e. The number of benzene rings is 1. The van der Waals surface area contributed by atoms with Gasteiger partial charge in [0.2, 0.25) is 17.7 Å². The fourth-order valence-corrected chi connectivity index (χ4v) is 6.05. The van der Waals surface area contributed by atoms with E-state index in [0.29, 0.717) is 12.3 Å². The minimum Gasteiger partial charge on any atom is -0.444 e. The molecule has 6 N–H and O–H groups in total. The fraction of sp³-hybridized carbons (Fsp3) is 0.714. The van der Waals surface area contributed by atoms with Crippen molar-refractivity contribution in [1.82, 2.24) is 21.3 Å². The molecule has 2 saturated carbocycles. The Morgan fingerprint density at radius 3 is 2.15 bits per heavy atom. The second kappa shape index (κ2) is 17.1. The van der Waals surface area contributed by atoms with E-state index >= 15 is 0 Å². The molecule has 0 saturated heterocycles. The van der Waals surface area contributed by atoms with Crippen LogP contribution in [-0.2, 0) is 25.5 Å². The van der Waals surface area contributed by atoms with Crippen molar-refractivity contribution in [1.29, 1.82) is 0 Å². The number of nitrogens with one attached hydrogen (secondary N) is 4. The van der Waals surface area contributed by atoms with Crippen LogP contribution in [0.1, 0.15) is 104 Å². The Hall–Kier alpha value is -3.18. The number of ether oxygens (including phenoxy) is 1. The van der Waals surface area contributed by atoms with Crippen LogP contribution < -0.4 is 21.3 Å². The van der Waals surface area contributed by atoms with E-state index in [2.05, 4.69) is 21.3 Å². The lowest BCUT2D eigenvalue weighted by atomic mass is 9.82. The quantitative estimate of drug-likeness (QED) is 0.160. The fourth-order valence-electron chi connectivity index (χ4n) is 6.05. The molecule has 258 valence electrons. The van der Waals surface area contributed by atoms with E-state index in [-0.39, 0.29) is 37.6 Å². The van der Waals surface area contributed by atoms with Crippen molar-refractivity contribution in [2.24, 2.45) is 11.8 Å². The molecular weight excluding hydrogens is 588 g/mol. The maximum absolute atomic E-state index is 13.3. The number of amides is 4. The first kappa shape index (κ1) is 37.3. The Morgan fingerprint density at radius 2 is 1.54 bits per heavy atom. The number of hydrogen-bond donors (Lipinski definition) is 6. The molecule has 0 radical (unpaired) electrons. The Balaban J connectivity index is 1.56. The summed E-state index contributed by atoms with van der Waals surface area (Å²) in [6.45, 7) is 8.69. The van der Waals surface area contributed by atoms with Gasteiger partial charge < -0.3 is 36.2 Å². The molecule has 0 bridgehead atoms. The van der Waals surface area contributed by atoms with Crippen molar-refractivity contribution in [3.8, 4) is 0 Å². The molecule has 1 aromatic rings. The van der Waals surface area contributed by atoms with Crippen LogP contribution in [0.15, 0.2) is 30.3 Å². The molecule has 2 fully saturated rings. The number of aliphatic hydroxyl groups is 2. The van der Waals surface area contributed by atoms with Crippen LogP contribution in [0.25, 0.3) is 0 Å². The zero-order valence-corrected chi connectivity index (χ0v) is 28.3. The van der Waals surface area contributed by atoms with E-state index in [1.165, 1.54) is 6.42 Å². The van der Waals surface area contributed by atoms with Gasteiger partial charge in [0.25, 0.3) is 0 Å². The van der Waals surface area contributed by atoms with Crippen molar-refractivity contribution in [2.45, 2.75) is 141 Å². The average molecular weight is 645 g/mol. The van der Waals surface area contributed by atoms with Gasteiger partial charge in [-0.3, -0.25) is 14.4 Å². The zero-order valence-electron chi connectivity index (χ0n) is 28.3. The number of alkyl carbamates (subject to hydrolysis) is 1. The highest BCUT2D eigenvalue weighted by molar-refractivity contribution is 5.88. The van der Waals surface area contributed by atoms with Crippen molar-refractivity contribution < 1.29 is 34.1 Å². The molecule has 2 aliphatic carbocycles. The Labute approximate surface area is 274 Å². The summed E-state index contributed by atoms with van der Waals surface area (Å²) in [5.74, 6) is -0.710. The molecule has 0 heterocycles. The van der Waals surface area contributed by atoms with Crippen molar-refractivity contribution in [2.75, 3.05) is 6.54 Å². The van der Waals surface area contributed by atoms with E-state index in [0.717, 1.165) is 44.1 Å². The lowest BCUT2D eigenvalue weighted by Crippen LogP contribution is -2.53. The molecule has 1 aromatic carbocycles. The molecule has 0 aromatic heterocycles. The van der Waals surface area contributed by atoms with E-state index < -0.39 is 53.3 Å². The third-order valence-electron chi connectivity index (χ3n) is 8.55. The van der Waals surface area contributed by atoms with Crippen LogP contribution in [-0.4, -0.2) is 76.0 Å². The Kier molecular flexibility index (Phi) is 13.9. The van der Waals surface area contributed by atoms with Gasteiger partial charge in [-0.25, -0.2) is 4.79 Å². The average Bonchev–Trinajstić information content (AvgIpc) is 3.81. The monoisotopic (exact) mass is 644 g/mol. The van der Waals surface area contributed by atoms with E-state index in [9.17, 15) is 29.4 Å². The summed E-state index contributed by atoms with van der Waals surface area (Å²) in [5.41, 5.74) is -0.781. The SMILES string of the molecule is CC(C)(CC(=O)N[C@@H](Cc1ccccc1)C(=O)NCCC(=O)N[C@@H](CC1CCCCC1)[C@@H](O)[C@@H](O)C1CC1)NC(=O)OC(C)(C)C. The minimum absolute atomic E-state index is 0.0159. The Morgan fingerprint density at radius 1 is 0.891 bits per heavy atom. The van der Waals surface area contributed by atoms with Crippen LogP contribution >= 0.6 is 0 Å². The zero-order chi connectivity index (χ0) is 33.9.